The van der Waals surface area contributed by atoms with Gasteiger partial charge in [0.2, 0.25) is 0 Å². The van der Waals surface area contributed by atoms with Crippen LogP contribution in [0, 0.1) is 41.5 Å². The quantitative estimate of drug-likeness (QED) is 0.0775. The Morgan fingerprint density at radius 2 is 1.15 bits per heavy atom. The number of carboxylic acid groups (broad SMARTS) is 1. The van der Waals surface area contributed by atoms with Gasteiger partial charge in [0.05, 0.1) is 18.8 Å². The van der Waals surface area contributed by atoms with Gasteiger partial charge < -0.3 is 46.2 Å². The van der Waals surface area contributed by atoms with Gasteiger partial charge in [-0.1, -0.05) is 23.2 Å². The summed E-state index contributed by atoms with van der Waals surface area (Å²) in [5, 5.41) is 19.2. The molecule has 2 aromatic carbocycles. The van der Waals surface area contributed by atoms with Gasteiger partial charge in [-0.15, -0.1) is 0 Å². The Morgan fingerprint density at radius 3 is 1.55 bits per heavy atom. The first kappa shape index (κ1) is 46.5. The average molecular weight is 802 g/mol. The van der Waals surface area contributed by atoms with Gasteiger partial charge in [-0.05, 0) is 114 Å². The van der Waals surface area contributed by atoms with Crippen molar-refractivity contribution >= 4 is 46.5 Å². The van der Waals surface area contributed by atoms with Crippen LogP contribution in [-0.2, 0) is 22.6 Å². The fourth-order valence-electron chi connectivity index (χ4n) is 5.73. The molecule has 1 amide bonds. The summed E-state index contributed by atoms with van der Waals surface area (Å²) >= 11 is 12.1. The van der Waals surface area contributed by atoms with Gasteiger partial charge in [0.25, 0.3) is 17.0 Å². The van der Waals surface area contributed by atoms with Crippen molar-refractivity contribution in [2.75, 3.05) is 38.1 Å². The molecule has 2 aromatic heterocycles. The Hall–Kier alpha value is -4.66. The number of methoxy groups -OCH3 is 2. The van der Waals surface area contributed by atoms with Crippen molar-refractivity contribution in [1.29, 1.82) is 0 Å². The van der Waals surface area contributed by atoms with E-state index in [2.05, 4.69) is 25.9 Å². The standard InChI is InChI=1S/C20H26ClN3O3.C12H16ClNO3.C8H12N2O/c1-11-6-12(2)24-20(26)17(11)9-22-19(25)16-7-15(21)8-18(14(16)4)23-13(3)10-27-5;1-7(6-17-3)14-11-5-9(13)4-10(8(11)2)12(15)16;1-5-3-6(2)10-8(11)7(5)4-9/h6-8,13,23H,9-10H2,1-5H3,(H,22,25)(H,24,26);4-5,7,14H,6H2,1-3H3,(H,15,16);3H,4,9H2,1-2H3,(H,10,11). The molecular formula is C40H54Cl2N6O7. The molecule has 0 fully saturated rings. The molecule has 0 spiro atoms. The largest absolute Gasteiger partial charge is 0.478 e. The number of halogens is 2. The zero-order valence-corrected chi connectivity index (χ0v) is 34.7. The molecule has 4 aromatic rings. The maximum absolute atomic E-state index is 12.7. The molecule has 2 unspecified atom stereocenters. The molecule has 0 aliphatic carbocycles. The second-order valence-electron chi connectivity index (χ2n) is 13.3. The lowest BCUT2D eigenvalue weighted by Gasteiger charge is -2.18. The molecular weight excluding hydrogens is 747 g/mol. The van der Waals surface area contributed by atoms with Gasteiger partial charge in [-0.25, -0.2) is 4.79 Å². The van der Waals surface area contributed by atoms with Crippen molar-refractivity contribution < 1.29 is 24.2 Å². The Morgan fingerprint density at radius 1 is 0.727 bits per heavy atom. The molecule has 0 saturated heterocycles. The summed E-state index contributed by atoms with van der Waals surface area (Å²) in [4.78, 5) is 52.5. The number of aromatic carboxylic acids is 1. The number of nitrogens with two attached hydrogens (primary N) is 1. The minimum absolute atomic E-state index is 0.0648. The van der Waals surface area contributed by atoms with Crippen molar-refractivity contribution in [3.63, 3.8) is 0 Å². The minimum Gasteiger partial charge on any atom is -0.478 e. The molecule has 15 heteroatoms. The smallest absolute Gasteiger partial charge is 0.336 e. The molecule has 2 atom stereocenters. The molecule has 0 saturated carbocycles. The highest BCUT2D eigenvalue weighted by molar-refractivity contribution is 6.31. The van der Waals surface area contributed by atoms with E-state index in [0.717, 1.165) is 39.5 Å². The van der Waals surface area contributed by atoms with E-state index in [4.69, 9.17) is 43.5 Å². The SMILES string of the molecule is COCC(C)Nc1cc(Cl)cc(C(=O)NCc2c(C)cc(C)[nH]c2=O)c1C.COCC(C)Nc1cc(Cl)cc(C(=O)O)c1C.Cc1cc(C)c(CN)c(=O)[nH]1. The normalized spacial score (nSPS) is 11.7. The Kier molecular flexibility index (Phi) is 18.6. The van der Waals surface area contributed by atoms with E-state index >= 15 is 0 Å². The fraction of sp³-hybridized carbons (Fsp3) is 0.400. The maximum atomic E-state index is 12.7. The predicted octanol–water partition coefficient (Wildman–Crippen LogP) is 6.57. The topological polar surface area (TPSA) is 201 Å². The fourth-order valence-corrected chi connectivity index (χ4v) is 6.17. The number of benzene rings is 2. The molecule has 0 aliphatic rings. The maximum Gasteiger partial charge on any atom is 0.336 e. The highest BCUT2D eigenvalue weighted by Crippen LogP contribution is 2.27. The lowest BCUT2D eigenvalue weighted by molar-refractivity contribution is 0.0695. The van der Waals surface area contributed by atoms with E-state index in [1.165, 1.54) is 6.07 Å². The Bertz CT molecular complexity index is 2070. The summed E-state index contributed by atoms with van der Waals surface area (Å²) in [5.41, 5.74) is 13.5. The van der Waals surface area contributed by atoms with Crippen LogP contribution in [0.4, 0.5) is 11.4 Å². The molecule has 55 heavy (non-hydrogen) atoms. The van der Waals surface area contributed by atoms with Crippen LogP contribution in [0.3, 0.4) is 0 Å². The monoisotopic (exact) mass is 800 g/mol. The minimum atomic E-state index is -0.979. The number of nitrogens with one attached hydrogen (secondary N) is 5. The van der Waals surface area contributed by atoms with Crippen LogP contribution in [-0.4, -0.2) is 66.5 Å². The molecule has 2 heterocycles. The molecule has 0 aliphatic heterocycles. The number of aromatic amines is 2. The van der Waals surface area contributed by atoms with E-state index in [-0.39, 0.29) is 41.2 Å². The number of anilines is 2. The zero-order valence-electron chi connectivity index (χ0n) is 33.2. The first-order valence-electron chi connectivity index (χ1n) is 17.5. The average Bonchev–Trinajstić information content (AvgIpc) is 3.07. The number of hydrogen-bond donors (Lipinski definition) is 7. The number of carboxylic acids is 1. The summed E-state index contributed by atoms with van der Waals surface area (Å²) in [6, 6.07) is 10.5. The number of aromatic nitrogens is 2. The van der Waals surface area contributed by atoms with E-state index in [1.807, 2.05) is 60.6 Å². The van der Waals surface area contributed by atoms with Crippen molar-refractivity contribution in [3.8, 4) is 0 Å². The van der Waals surface area contributed by atoms with E-state index in [0.29, 0.717) is 52.1 Å². The Labute approximate surface area is 332 Å². The second-order valence-corrected chi connectivity index (χ2v) is 14.2. The summed E-state index contributed by atoms with van der Waals surface area (Å²) in [7, 11) is 3.25. The van der Waals surface area contributed by atoms with Gasteiger partial charge in [-0.3, -0.25) is 14.4 Å². The number of rotatable bonds is 13. The number of ether oxygens (including phenoxy) is 2. The Balaban J connectivity index is 0.000000317. The van der Waals surface area contributed by atoms with Crippen LogP contribution >= 0.6 is 23.2 Å². The highest BCUT2D eigenvalue weighted by atomic mass is 35.5. The van der Waals surface area contributed by atoms with Crippen LogP contribution in [0.2, 0.25) is 10.0 Å². The van der Waals surface area contributed by atoms with Crippen molar-refractivity contribution in [3.05, 3.63) is 123 Å². The summed E-state index contributed by atoms with van der Waals surface area (Å²) in [6.07, 6.45) is 0. The molecule has 0 radical (unpaired) electrons. The number of aryl methyl sites for hydroxylation is 4. The number of amides is 1. The predicted molar refractivity (Wildman–Crippen MR) is 221 cm³/mol. The third-order valence-electron chi connectivity index (χ3n) is 8.47. The van der Waals surface area contributed by atoms with Crippen LogP contribution in [0.5, 0.6) is 0 Å². The molecule has 4 rings (SSSR count). The summed E-state index contributed by atoms with van der Waals surface area (Å²) in [5.74, 6) is -1.26. The third-order valence-corrected chi connectivity index (χ3v) is 8.91. The lowest BCUT2D eigenvalue weighted by Crippen LogP contribution is -2.29. The number of carbonyl (C=O) groups is 2. The van der Waals surface area contributed by atoms with E-state index < -0.39 is 5.97 Å². The van der Waals surface area contributed by atoms with Crippen LogP contribution in [0.1, 0.15) is 79.3 Å². The van der Waals surface area contributed by atoms with E-state index in [1.54, 1.807) is 39.3 Å². The van der Waals surface area contributed by atoms with Gasteiger partial charge in [-0.2, -0.15) is 0 Å². The number of carbonyl (C=O) groups excluding carboxylic acids is 1. The molecule has 300 valence electrons. The zero-order chi connectivity index (χ0) is 41.6. The molecule has 0 bridgehead atoms. The van der Waals surface area contributed by atoms with Crippen LogP contribution in [0.25, 0.3) is 0 Å². The second kappa shape index (κ2) is 22.0. The first-order valence-corrected chi connectivity index (χ1v) is 18.3. The lowest BCUT2D eigenvalue weighted by atomic mass is 10.0. The summed E-state index contributed by atoms with van der Waals surface area (Å²) in [6.45, 7) is 16.5. The van der Waals surface area contributed by atoms with Crippen LogP contribution in [0.15, 0.2) is 46.0 Å². The van der Waals surface area contributed by atoms with Gasteiger partial charge in [0.15, 0.2) is 0 Å². The van der Waals surface area contributed by atoms with Gasteiger partial charge in [0, 0.05) is 88.9 Å². The first-order chi connectivity index (χ1) is 25.8. The van der Waals surface area contributed by atoms with Gasteiger partial charge >= 0.3 is 5.97 Å². The van der Waals surface area contributed by atoms with Crippen LogP contribution < -0.4 is 32.8 Å². The number of hydrogen-bond acceptors (Lipinski definition) is 9. The van der Waals surface area contributed by atoms with Crippen molar-refractivity contribution in [1.82, 2.24) is 15.3 Å². The number of pyridine rings is 2. The number of H-pyrrole nitrogens is 2. The highest BCUT2D eigenvalue weighted by Gasteiger charge is 2.17. The molecule has 8 N–H and O–H groups in total. The summed E-state index contributed by atoms with van der Waals surface area (Å²) < 4.78 is 10.1. The third kappa shape index (κ3) is 14.2. The van der Waals surface area contributed by atoms with Crippen molar-refractivity contribution in [2.24, 2.45) is 5.73 Å². The van der Waals surface area contributed by atoms with E-state index in [9.17, 15) is 19.2 Å². The van der Waals surface area contributed by atoms with Gasteiger partial charge in [0.1, 0.15) is 0 Å². The molecule has 13 nitrogen and oxygen atoms in total. The van der Waals surface area contributed by atoms with Crippen molar-refractivity contribution in [2.45, 2.75) is 80.6 Å².